The van der Waals surface area contributed by atoms with Crippen molar-refractivity contribution in [2.24, 2.45) is 5.10 Å². The Morgan fingerprint density at radius 3 is 2.79 bits per heavy atom. The number of benzene rings is 1. The first-order valence-electron chi connectivity index (χ1n) is 5.56. The first kappa shape index (κ1) is 15.2. The molecule has 0 aromatic heterocycles. The van der Waals surface area contributed by atoms with Crippen LogP contribution in [0, 0.1) is 0 Å². The zero-order valence-corrected chi connectivity index (χ0v) is 12.2. The normalized spacial score (nSPS) is 10.3. The van der Waals surface area contributed by atoms with E-state index in [1.54, 1.807) is 12.1 Å². The van der Waals surface area contributed by atoms with Crippen molar-refractivity contribution in [1.82, 2.24) is 10.7 Å². The first-order chi connectivity index (χ1) is 9.08. The van der Waals surface area contributed by atoms with Gasteiger partial charge < -0.3 is 10.1 Å². The van der Waals surface area contributed by atoms with Crippen molar-refractivity contribution in [3.8, 4) is 5.75 Å². The average molecular weight is 328 g/mol. The molecule has 0 atom stereocenters. The minimum absolute atomic E-state index is 0.521. The highest BCUT2D eigenvalue weighted by atomic mass is 79.9. The van der Waals surface area contributed by atoms with Crippen LogP contribution in [0.2, 0.25) is 0 Å². The van der Waals surface area contributed by atoms with Crippen molar-refractivity contribution in [3.05, 3.63) is 28.2 Å². The molecule has 2 N–H and O–H groups in total. The summed E-state index contributed by atoms with van der Waals surface area (Å²) in [4.78, 5) is 22.1. The lowest BCUT2D eigenvalue weighted by Gasteiger charge is -2.06. The third kappa shape index (κ3) is 4.70. The van der Waals surface area contributed by atoms with Gasteiger partial charge in [-0.3, -0.25) is 9.59 Å². The van der Waals surface area contributed by atoms with Crippen LogP contribution < -0.4 is 15.5 Å². The van der Waals surface area contributed by atoms with Gasteiger partial charge in [-0.25, -0.2) is 5.43 Å². The fraction of sp³-hybridized carbons (Fsp3) is 0.250. The maximum Gasteiger partial charge on any atom is 0.329 e. The Morgan fingerprint density at radius 1 is 1.42 bits per heavy atom. The van der Waals surface area contributed by atoms with E-state index in [4.69, 9.17) is 4.74 Å². The number of rotatable bonds is 4. The van der Waals surface area contributed by atoms with E-state index in [0.717, 1.165) is 4.47 Å². The van der Waals surface area contributed by atoms with Gasteiger partial charge in [-0.05, 0) is 25.1 Å². The topological polar surface area (TPSA) is 79.8 Å². The van der Waals surface area contributed by atoms with E-state index in [2.05, 4.69) is 31.8 Å². The van der Waals surface area contributed by atoms with E-state index in [1.165, 1.54) is 13.3 Å². The summed E-state index contributed by atoms with van der Waals surface area (Å²) in [5, 5.41) is 5.91. The van der Waals surface area contributed by atoms with Gasteiger partial charge in [-0.15, -0.1) is 0 Å². The molecule has 0 aliphatic carbocycles. The summed E-state index contributed by atoms with van der Waals surface area (Å²) in [6, 6.07) is 5.42. The van der Waals surface area contributed by atoms with Gasteiger partial charge in [-0.2, -0.15) is 5.10 Å². The van der Waals surface area contributed by atoms with E-state index in [1.807, 2.05) is 13.0 Å². The largest absolute Gasteiger partial charge is 0.493 e. The standard InChI is InChI=1S/C12H14BrN3O3/c1-3-19-10-5-4-9(13)6-8(10)7-15-16-12(18)11(17)14-2/h4-7H,3H2,1-2H3,(H,14,17)(H,16,18)/b15-7-. The van der Waals surface area contributed by atoms with Gasteiger partial charge in [-0.1, -0.05) is 15.9 Å². The molecule has 1 rings (SSSR count). The van der Waals surface area contributed by atoms with E-state index in [9.17, 15) is 9.59 Å². The van der Waals surface area contributed by atoms with Gasteiger partial charge in [0.05, 0.1) is 12.8 Å². The second kappa shape index (κ2) is 7.52. The van der Waals surface area contributed by atoms with Crippen LogP contribution in [0.25, 0.3) is 0 Å². The lowest BCUT2D eigenvalue weighted by Crippen LogP contribution is -2.35. The predicted molar refractivity (Wildman–Crippen MR) is 75.1 cm³/mol. The molecule has 1 aromatic carbocycles. The van der Waals surface area contributed by atoms with Crippen LogP contribution in [0.3, 0.4) is 0 Å². The van der Waals surface area contributed by atoms with E-state index in [0.29, 0.717) is 17.9 Å². The number of hydrogen-bond acceptors (Lipinski definition) is 4. The summed E-state index contributed by atoms with van der Waals surface area (Å²) in [5.41, 5.74) is 2.81. The van der Waals surface area contributed by atoms with Crippen LogP contribution in [0.1, 0.15) is 12.5 Å². The minimum Gasteiger partial charge on any atom is -0.493 e. The number of hydrazone groups is 1. The number of halogens is 1. The SMILES string of the molecule is CCOc1ccc(Br)cc1/C=N\NC(=O)C(=O)NC. The molecular formula is C12H14BrN3O3. The number of nitrogens with zero attached hydrogens (tertiary/aromatic N) is 1. The van der Waals surface area contributed by atoms with Crippen molar-refractivity contribution in [1.29, 1.82) is 0 Å². The smallest absolute Gasteiger partial charge is 0.329 e. The zero-order valence-electron chi connectivity index (χ0n) is 10.6. The Kier molecular flexibility index (Phi) is 6.01. The molecule has 0 unspecified atom stereocenters. The summed E-state index contributed by atoms with van der Waals surface area (Å²) in [7, 11) is 1.37. The zero-order chi connectivity index (χ0) is 14.3. The van der Waals surface area contributed by atoms with Gasteiger partial charge in [0.15, 0.2) is 0 Å². The maximum absolute atomic E-state index is 11.2. The number of nitrogens with one attached hydrogen (secondary N) is 2. The van der Waals surface area contributed by atoms with Gasteiger partial charge in [0, 0.05) is 17.1 Å². The Bertz CT molecular complexity index is 503. The molecule has 2 amide bonds. The lowest BCUT2D eigenvalue weighted by atomic mass is 10.2. The van der Waals surface area contributed by atoms with Crippen molar-refractivity contribution >= 4 is 34.0 Å². The summed E-state index contributed by atoms with van der Waals surface area (Å²) >= 11 is 3.33. The molecule has 19 heavy (non-hydrogen) atoms. The molecule has 6 nitrogen and oxygen atoms in total. The molecular weight excluding hydrogens is 314 g/mol. The number of carbonyl (C=O) groups excluding carboxylic acids is 2. The molecule has 0 radical (unpaired) electrons. The monoisotopic (exact) mass is 327 g/mol. The molecule has 0 heterocycles. The van der Waals surface area contributed by atoms with Crippen molar-refractivity contribution in [2.75, 3.05) is 13.7 Å². The number of likely N-dealkylation sites (N-methyl/N-ethyl adjacent to an activating group) is 1. The number of hydrogen-bond donors (Lipinski definition) is 2. The Labute approximate surface area is 119 Å². The fourth-order valence-electron chi connectivity index (χ4n) is 1.23. The third-order valence-electron chi connectivity index (χ3n) is 2.07. The van der Waals surface area contributed by atoms with Crippen LogP contribution >= 0.6 is 15.9 Å². The number of ether oxygens (including phenoxy) is 1. The molecule has 0 aliphatic heterocycles. The van der Waals surface area contributed by atoms with Crippen LogP contribution in [-0.2, 0) is 9.59 Å². The van der Waals surface area contributed by atoms with Crippen molar-refractivity contribution in [2.45, 2.75) is 6.92 Å². The van der Waals surface area contributed by atoms with Crippen LogP contribution in [0.5, 0.6) is 5.75 Å². The quantitative estimate of drug-likeness (QED) is 0.492. The first-order valence-corrected chi connectivity index (χ1v) is 6.35. The Hall–Kier alpha value is -1.89. The Balaban J connectivity index is 2.77. The van der Waals surface area contributed by atoms with Crippen molar-refractivity contribution in [3.63, 3.8) is 0 Å². The van der Waals surface area contributed by atoms with Crippen LogP contribution in [-0.4, -0.2) is 31.7 Å². The minimum atomic E-state index is -0.827. The van der Waals surface area contributed by atoms with Gasteiger partial charge in [0.1, 0.15) is 5.75 Å². The number of amides is 2. The summed E-state index contributed by atoms with van der Waals surface area (Å²) in [6.45, 7) is 2.39. The molecule has 0 fully saturated rings. The third-order valence-corrected chi connectivity index (χ3v) is 2.57. The van der Waals surface area contributed by atoms with Crippen LogP contribution in [0.15, 0.2) is 27.8 Å². The highest BCUT2D eigenvalue weighted by Crippen LogP contribution is 2.21. The Morgan fingerprint density at radius 2 is 2.16 bits per heavy atom. The predicted octanol–water partition coefficient (Wildman–Crippen LogP) is 1.04. The molecule has 0 bridgehead atoms. The van der Waals surface area contributed by atoms with E-state index >= 15 is 0 Å². The average Bonchev–Trinajstić information content (AvgIpc) is 2.40. The molecule has 0 aliphatic rings. The van der Waals surface area contributed by atoms with Gasteiger partial charge in [0.25, 0.3) is 0 Å². The highest BCUT2D eigenvalue weighted by molar-refractivity contribution is 9.10. The van der Waals surface area contributed by atoms with E-state index < -0.39 is 11.8 Å². The molecule has 1 aromatic rings. The lowest BCUT2D eigenvalue weighted by molar-refractivity contribution is -0.138. The summed E-state index contributed by atoms with van der Waals surface area (Å²) < 4.78 is 6.27. The highest BCUT2D eigenvalue weighted by Gasteiger charge is 2.09. The molecule has 0 spiro atoms. The van der Waals surface area contributed by atoms with Gasteiger partial charge >= 0.3 is 11.8 Å². The summed E-state index contributed by atoms with van der Waals surface area (Å²) in [6.07, 6.45) is 1.41. The second-order valence-corrected chi connectivity index (χ2v) is 4.31. The van der Waals surface area contributed by atoms with Crippen LogP contribution in [0.4, 0.5) is 0 Å². The molecule has 0 saturated carbocycles. The summed E-state index contributed by atoms with van der Waals surface area (Å²) in [5.74, 6) is -0.938. The molecule has 102 valence electrons. The second-order valence-electron chi connectivity index (χ2n) is 3.39. The van der Waals surface area contributed by atoms with Crippen molar-refractivity contribution < 1.29 is 14.3 Å². The van der Waals surface area contributed by atoms with E-state index in [-0.39, 0.29) is 0 Å². The molecule has 7 heteroatoms. The fourth-order valence-corrected chi connectivity index (χ4v) is 1.61. The number of carbonyl (C=O) groups is 2. The molecule has 0 saturated heterocycles. The maximum atomic E-state index is 11.2. The van der Waals surface area contributed by atoms with Gasteiger partial charge in [0.2, 0.25) is 0 Å².